The van der Waals surface area contributed by atoms with Crippen LogP contribution in [0, 0.1) is 3.57 Å². The minimum absolute atomic E-state index is 0.413. The van der Waals surface area contributed by atoms with Gasteiger partial charge in [0.05, 0.1) is 12.1 Å². The van der Waals surface area contributed by atoms with Gasteiger partial charge in [0.25, 0.3) is 0 Å². The van der Waals surface area contributed by atoms with Crippen molar-refractivity contribution < 1.29 is 5.11 Å². The zero-order chi connectivity index (χ0) is 10.0. The molecule has 1 aromatic carbocycles. The number of hydrogen-bond donors (Lipinski definition) is 2. The van der Waals surface area contributed by atoms with Crippen LogP contribution in [0.1, 0.15) is 18.5 Å². The maximum atomic E-state index is 9.28. The molecule has 72 valence electrons. The molecule has 0 fully saturated rings. The second kappa shape index (κ2) is 4.59. The third-order valence-electron chi connectivity index (χ3n) is 1.84. The van der Waals surface area contributed by atoms with Crippen molar-refractivity contribution in [2.24, 2.45) is 5.73 Å². The first kappa shape index (κ1) is 11.2. The van der Waals surface area contributed by atoms with Crippen LogP contribution in [0.4, 0.5) is 0 Å². The normalized spacial score (nSPS) is 15.5. The molecule has 13 heavy (non-hydrogen) atoms. The minimum Gasteiger partial charge on any atom is -0.391 e. The largest absolute Gasteiger partial charge is 0.391 e. The average Bonchev–Trinajstić information content (AvgIpc) is 2.03. The Labute approximate surface area is 96.2 Å². The van der Waals surface area contributed by atoms with Crippen LogP contribution in [-0.4, -0.2) is 11.2 Å². The number of aliphatic hydroxyl groups excluding tert-OH is 1. The van der Waals surface area contributed by atoms with E-state index in [0.29, 0.717) is 5.02 Å². The fourth-order valence-electron chi connectivity index (χ4n) is 1.03. The highest BCUT2D eigenvalue weighted by molar-refractivity contribution is 14.1. The van der Waals surface area contributed by atoms with E-state index >= 15 is 0 Å². The number of nitrogens with two attached hydrogens (primary N) is 1. The predicted octanol–water partition coefficient (Wildman–Crippen LogP) is 2.33. The maximum absolute atomic E-state index is 9.28. The molecule has 1 aromatic rings. The van der Waals surface area contributed by atoms with Crippen LogP contribution in [-0.2, 0) is 0 Å². The number of benzene rings is 1. The van der Waals surface area contributed by atoms with Crippen LogP contribution in [0.3, 0.4) is 0 Å². The highest BCUT2D eigenvalue weighted by atomic mass is 127. The number of hydrogen-bond acceptors (Lipinski definition) is 2. The molecule has 0 radical (unpaired) electrons. The van der Waals surface area contributed by atoms with E-state index in [1.807, 2.05) is 18.2 Å². The second-order valence-corrected chi connectivity index (χ2v) is 4.59. The van der Waals surface area contributed by atoms with Crippen molar-refractivity contribution in [3.8, 4) is 0 Å². The van der Waals surface area contributed by atoms with E-state index in [-0.39, 0.29) is 0 Å². The van der Waals surface area contributed by atoms with E-state index < -0.39 is 12.1 Å². The molecule has 0 bridgehead atoms. The molecule has 0 amide bonds. The first-order valence-electron chi connectivity index (χ1n) is 3.91. The molecule has 0 aliphatic rings. The van der Waals surface area contributed by atoms with Crippen molar-refractivity contribution in [1.82, 2.24) is 0 Å². The minimum atomic E-state index is -0.586. The SMILES string of the molecule is C[C@H](O)[C@@H](N)c1ccc(I)cc1Cl. The van der Waals surface area contributed by atoms with Gasteiger partial charge in [0.15, 0.2) is 0 Å². The van der Waals surface area contributed by atoms with E-state index in [0.717, 1.165) is 9.13 Å². The summed E-state index contributed by atoms with van der Waals surface area (Å²) in [5.74, 6) is 0. The first-order chi connectivity index (χ1) is 6.02. The molecule has 0 aliphatic carbocycles. The van der Waals surface area contributed by atoms with Gasteiger partial charge in [-0.25, -0.2) is 0 Å². The fourth-order valence-corrected chi connectivity index (χ4v) is 2.01. The molecule has 0 unspecified atom stereocenters. The molecule has 0 aliphatic heterocycles. The average molecular weight is 312 g/mol. The monoisotopic (exact) mass is 311 g/mol. The number of rotatable bonds is 2. The molecule has 0 aromatic heterocycles. The Morgan fingerprint density at radius 1 is 1.54 bits per heavy atom. The van der Waals surface area contributed by atoms with Gasteiger partial charge >= 0.3 is 0 Å². The highest BCUT2D eigenvalue weighted by Crippen LogP contribution is 2.25. The molecule has 2 atom stereocenters. The smallest absolute Gasteiger partial charge is 0.0705 e. The van der Waals surface area contributed by atoms with E-state index in [1.54, 1.807) is 6.92 Å². The number of aliphatic hydroxyl groups is 1. The standard InChI is InChI=1S/C9H11ClINO/c1-5(13)9(12)7-3-2-6(11)4-8(7)10/h2-5,9,13H,12H2,1H3/t5-,9+/m0/s1. The molecule has 0 spiro atoms. The van der Waals surface area contributed by atoms with E-state index in [9.17, 15) is 5.11 Å². The van der Waals surface area contributed by atoms with Gasteiger partial charge < -0.3 is 10.8 Å². The third kappa shape index (κ3) is 2.80. The molecule has 0 heterocycles. The van der Waals surface area contributed by atoms with Crippen LogP contribution in [0.5, 0.6) is 0 Å². The Morgan fingerprint density at radius 3 is 2.62 bits per heavy atom. The maximum Gasteiger partial charge on any atom is 0.0705 e. The Kier molecular flexibility index (Phi) is 3.97. The van der Waals surface area contributed by atoms with Crippen molar-refractivity contribution in [3.05, 3.63) is 32.4 Å². The van der Waals surface area contributed by atoms with Crippen LogP contribution >= 0.6 is 34.2 Å². The zero-order valence-electron chi connectivity index (χ0n) is 7.17. The molecule has 1 rings (SSSR count). The third-order valence-corrected chi connectivity index (χ3v) is 2.84. The van der Waals surface area contributed by atoms with Gasteiger partial charge in [-0.1, -0.05) is 17.7 Å². The molecule has 3 N–H and O–H groups in total. The Bertz CT molecular complexity index is 304. The summed E-state index contributed by atoms with van der Waals surface area (Å²) in [5, 5.41) is 9.89. The summed E-state index contributed by atoms with van der Waals surface area (Å²) >= 11 is 8.15. The lowest BCUT2D eigenvalue weighted by Crippen LogP contribution is -2.23. The summed E-state index contributed by atoms with van der Waals surface area (Å²) < 4.78 is 1.06. The Balaban J connectivity index is 3.01. The van der Waals surface area contributed by atoms with Gasteiger partial charge in [0.1, 0.15) is 0 Å². The summed E-state index contributed by atoms with van der Waals surface area (Å²) in [5.41, 5.74) is 6.54. The molecule has 4 heteroatoms. The van der Waals surface area contributed by atoms with Gasteiger partial charge in [0.2, 0.25) is 0 Å². The van der Waals surface area contributed by atoms with Gasteiger partial charge in [-0.3, -0.25) is 0 Å². The van der Waals surface area contributed by atoms with Crippen molar-refractivity contribution >= 4 is 34.2 Å². The quantitative estimate of drug-likeness (QED) is 0.824. The summed E-state index contributed by atoms with van der Waals surface area (Å²) in [7, 11) is 0. The van der Waals surface area contributed by atoms with Crippen molar-refractivity contribution in [2.75, 3.05) is 0 Å². The molecule has 0 saturated heterocycles. The van der Waals surface area contributed by atoms with Crippen molar-refractivity contribution in [2.45, 2.75) is 19.1 Å². The number of halogens is 2. The lowest BCUT2D eigenvalue weighted by Gasteiger charge is -2.16. The van der Waals surface area contributed by atoms with Gasteiger partial charge in [-0.05, 0) is 47.2 Å². The summed E-state index contributed by atoms with van der Waals surface area (Å²) in [6.45, 7) is 1.65. The van der Waals surface area contributed by atoms with Crippen LogP contribution in [0.2, 0.25) is 5.02 Å². The van der Waals surface area contributed by atoms with E-state index in [4.69, 9.17) is 17.3 Å². The summed E-state index contributed by atoms with van der Waals surface area (Å²) in [6.07, 6.45) is -0.586. The molecule has 0 saturated carbocycles. The van der Waals surface area contributed by atoms with Gasteiger partial charge in [-0.2, -0.15) is 0 Å². The van der Waals surface area contributed by atoms with Gasteiger partial charge in [0, 0.05) is 8.59 Å². The second-order valence-electron chi connectivity index (χ2n) is 2.93. The highest BCUT2D eigenvalue weighted by Gasteiger charge is 2.14. The van der Waals surface area contributed by atoms with Crippen LogP contribution in [0.15, 0.2) is 18.2 Å². The molecular weight excluding hydrogens is 300 g/mol. The van der Waals surface area contributed by atoms with E-state index in [1.165, 1.54) is 0 Å². The Hall–Kier alpha value is 0.160. The summed E-state index contributed by atoms with van der Waals surface area (Å²) in [4.78, 5) is 0. The van der Waals surface area contributed by atoms with Crippen LogP contribution < -0.4 is 5.73 Å². The lowest BCUT2D eigenvalue weighted by molar-refractivity contribution is 0.164. The van der Waals surface area contributed by atoms with Crippen molar-refractivity contribution in [3.63, 3.8) is 0 Å². The topological polar surface area (TPSA) is 46.2 Å². The zero-order valence-corrected chi connectivity index (χ0v) is 10.1. The first-order valence-corrected chi connectivity index (χ1v) is 5.36. The van der Waals surface area contributed by atoms with E-state index in [2.05, 4.69) is 22.6 Å². The summed E-state index contributed by atoms with van der Waals surface area (Å²) in [6, 6.07) is 5.19. The lowest BCUT2D eigenvalue weighted by atomic mass is 10.0. The molecule has 2 nitrogen and oxygen atoms in total. The van der Waals surface area contributed by atoms with Gasteiger partial charge in [-0.15, -0.1) is 0 Å². The fraction of sp³-hybridized carbons (Fsp3) is 0.333. The predicted molar refractivity (Wildman–Crippen MR) is 62.8 cm³/mol. The molecular formula is C9H11ClINO. The Morgan fingerprint density at radius 2 is 2.15 bits per heavy atom. The van der Waals surface area contributed by atoms with Crippen molar-refractivity contribution in [1.29, 1.82) is 0 Å². The van der Waals surface area contributed by atoms with Crippen LogP contribution in [0.25, 0.3) is 0 Å².